The first-order valence-electron chi connectivity index (χ1n) is 10.4. The van der Waals surface area contributed by atoms with Crippen LogP contribution >= 0.6 is 0 Å². The monoisotopic (exact) mass is 390 g/mol. The van der Waals surface area contributed by atoms with Gasteiger partial charge in [-0.05, 0) is 43.3 Å². The highest BCUT2D eigenvalue weighted by molar-refractivity contribution is 5.11. The van der Waals surface area contributed by atoms with Gasteiger partial charge < -0.3 is 18.9 Å². The maximum atomic E-state index is 5.80. The summed E-state index contributed by atoms with van der Waals surface area (Å²) in [5.74, 6) is 2.93. The molecule has 28 heavy (non-hydrogen) atoms. The Balaban J connectivity index is 1.90. The first-order valence-corrected chi connectivity index (χ1v) is 10.4. The van der Waals surface area contributed by atoms with E-state index in [0.29, 0.717) is 31.2 Å². The highest BCUT2D eigenvalue weighted by Crippen LogP contribution is 2.41. The third kappa shape index (κ3) is 7.48. The summed E-state index contributed by atoms with van der Waals surface area (Å²) in [6.07, 6.45) is 11.2. The number of ether oxygens (including phenoxy) is 4. The van der Waals surface area contributed by atoms with Crippen LogP contribution in [0.5, 0.6) is 0 Å². The van der Waals surface area contributed by atoms with Crippen molar-refractivity contribution >= 4 is 0 Å². The van der Waals surface area contributed by atoms with E-state index in [1.54, 1.807) is 0 Å². The molecule has 0 radical (unpaired) electrons. The van der Waals surface area contributed by atoms with Crippen LogP contribution in [-0.4, -0.2) is 38.6 Å². The molecule has 0 saturated carbocycles. The Morgan fingerprint density at radius 1 is 1.07 bits per heavy atom. The summed E-state index contributed by atoms with van der Waals surface area (Å²) in [5.41, 5.74) is 0.0934. The van der Waals surface area contributed by atoms with Crippen LogP contribution in [0.1, 0.15) is 41.5 Å². The van der Waals surface area contributed by atoms with Crippen molar-refractivity contribution in [3.05, 3.63) is 48.5 Å². The molecule has 2 heterocycles. The molecule has 5 unspecified atom stereocenters. The van der Waals surface area contributed by atoms with Crippen LogP contribution in [0.4, 0.5) is 0 Å². The van der Waals surface area contributed by atoms with Crippen LogP contribution < -0.4 is 0 Å². The molecular weight excluding hydrogens is 352 g/mol. The minimum Gasteiger partial charge on any atom is -0.496 e. The van der Waals surface area contributed by atoms with Gasteiger partial charge >= 0.3 is 0 Å². The van der Waals surface area contributed by atoms with E-state index in [4.69, 9.17) is 18.9 Å². The highest BCUT2D eigenvalue weighted by atomic mass is 16.6. The molecule has 0 bridgehead atoms. The Morgan fingerprint density at radius 3 is 2.11 bits per heavy atom. The van der Waals surface area contributed by atoms with Gasteiger partial charge in [0.1, 0.15) is 25.4 Å². The van der Waals surface area contributed by atoms with E-state index < -0.39 is 0 Å². The highest BCUT2D eigenvalue weighted by Gasteiger charge is 2.34. The minimum atomic E-state index is 0.0934. The van der Waals surface area contributed by atoms with Crippen molar-refractivity contribution in [1.29, 1.82) is 0 Å². The third-order valence-electron chi connectivity index (χ3n) is 6.15. The Labute approximate surface area is 171 Å². The Morgan fingerprint density at radius 2 is 1.61 bits per heavy atom. The standard InChI is InChI=1S/C24H38O4/c1-8-21(12-19(4)26-14-23-16-28-23)20(5)24(6,7)17(2)10-9-11-18(3)25-13-22-15-27-22/h8-12,17,20-23H,1,13-16H2,2-7H3/b10-9-,18-11+,19-12+. The molecule has 0 aromatic heterocycles. The Hall–Kier alpha value is -1.52. The fourth-order valence-electron chi connectivity index (χ4n) is 3.08. The molecule has 4 nitrogen and oxygen atoms in total. The first-order chi connectivity index (χ1) is 13.2. The lowest BCUT2D eigenvalue weighted by Gasteiger charge is -2.39. The number of allylic oxidation sites excluding steroid dienone is 7. The van der Waals surface area contributed by atoms with E-state index in [1.165, 1.54) is 0 Å². The summed E-state index contributed by atoms with van der Waals surface area (Å²) in [6, 6.07) is 0. The maximum Gasteiger partial charge on any atom is 0.116 e. The second kappa shape index (κ2) is 10.3. The van der Waals surface area contributed by atoms with Crippen molar-refractivity contribution in [1.82, 2.24) is 0 Å². The topological polar surface area (TPSA) is 43.5 Å². The molecule has 0 aliphatic carbocycles. The molecule has 5 atom stereocenters. The summed E-state index contributed by atoms with van der Waals surface area (Å²) in [7, 11) is 0. The molecule has 158 valence electrons. The van der Waals surface area contributed by atoms with Crippen molar-refractivity contribution in [2.75, 3.05) is 26.4 Å². The lowest BCUT2D eigenvalue weighted by Crippen LogP contribution is -2.32. The fourth-order valence-corrected chi connectivity index (χ4v) is 3.08. The van der Waals surface area contributed by atoms with Gasteiger partial charge in [-0.2, -0.15) is 0 Å². The largest absolute Gasteiger partial charge is 0.496 e. The molecular formula is C24H38O4. The molecule has 2 saturated heterocycles. The van der Waals surface area contributed by atoms with Crippen LogP contribution in [-0.2, 0) is 18.9 Å². The van der Waals surface area contributed by atoms with Crippen molar-refractivity contribution in [3.8, 4) is 0 Å². The molecule has 0 aromatic rings. The number of rotatable bonds is 13. The van der Waals surface area contributed by atoms with Crippen molar-refractivity contribution in [2.24, 2.45) is 23.2 Å². The molecule has 0 amide bonds. The SMILES string of the molecule is C=CC(/C=C(\C)OCC1CO1)C(C)C(C)(C)C(C)/C=C\C=C(/C)OCC1CO1. The van der Waals surface area contributed by atoms with Gasteiger partial charge in [-0.25, -0.2) is 0 Å². The van der Waals surface area contributed by atoms with Crippen molar-refractivity contribution < 1.29 is 18.9 Å². The lowest BCUT2D eigenvalue weighted by atomic mass is 9.66. The maximum absolute atomic E-state index is 5.80. The van der Waals surface area contributed by atoms with Crippen LogP contribution in [0.25, 0.3) is 0 Å². The molecule has 2 rings (SSSR count). The average Bonchev–Trinajstić information content (AvgIpc) is 3.56. The van der Waals surface area contributed by atoms with E-state index in [0.717, 1.165) is 24.7 Å². The zero-order chi connectivity index (χ0) is 20.7. The van der Waals surface area contributed by atoms with Gasteiger partial charge in [-0.3, -0.25) is 0 Å². The molecule has 0 aromatic carbocycles. The fraction of sp³-hybridized carbons (Fsp3) is 0.667. The van der Waals surface area contributed by atoms with Gasteiger partial charge in [0, 0.05) is 5.92 Å². The molecule has 2 aliphatic heterocycles. The quantitative estimate of drug-likeness (QED) is 0.186. The van der Waals surface area contributed by atoms with E-state index in [9.17, 15) is 0 Å². The Kier molecular flexibility index (Phi) is 8.38. The lowest BCUT2D eigenvalue weighted by molar-refractivity contribution is 0.142. The zero-order valence-corrected chi connectivity index (χ0v) is 18.4. The number of hydrogen-bond donors (Lipinski definition) is 0. The minimum absolute atomic E-state index is 0.0934. The second-order valence-electron chi connectivity index (χ2n) is 8.68. The van der Waals surface area contributed by atoms with Crippen LogP contribution in [0.3, 0.4) is 0 Å². The molecule has 0 N–H and O–H groups in total. The van der Waals surface area contributed by atoms with Crippen molar-refractivity contribution in [2.45, 2.75) is 53.8 Å². The number of hydrogen-bond acceptors (Lipinski definition) is 4. The normalized spacial score (nSPS) is 25.9. The summed E-state index contributed by atoms with van der Waals surface area (Å²) >= 11 is 0. The predicted octanol–water partition coefficient (Wildman–Crippen LogP) is 5.28. The zero-order valence-electron chi connectivity index (χ0n) is 18.4. The van der Waals surface area contributed by atoms with Gasteiger partial charge in [0.15, 0.2) is 0 Å². The predicted molar refractivity (Wildman–Crippen MR) is 114 cm³/mol. The summed E-state index contributed by atoms with van der Waals surface area (Å²) in [4.78, 5) is 0. The van der Waals surface area contributed by atoms with Gasteiger partial charge in [-0.1, -0.05) is 45.9 Å². The molecule has 2 aliphatic rings. The van der Waals surface area contributed by atoms with Gasteiger partial charge in [-0.15, -0.1) is 6.58 Å². The molecule has 4 heteroatoms. The third-order valence-corrected chi connectivity index (χ3v) is 6.15. The van der Waals surface area contributed by atoms with E-state index in [2.05, 4.69) is 52.5 Å². The first kappa shape index (κ1) is 22.8. The Bertz CT molecular complexity index is 594. The van der Waals surface area contributed by atoms with Crippen molar-refractivity contribution in [3.63, 3.8) is 0 Å². The summed E-state index contributed by atoms with van der Waals surface area (Å²) in [6.45, 7) is 20.2. The second-order valence-corrected chi connectivity index (χ2v) is 8.68. The van der Waals surface area contributed by atoms with E-state index in [1.807, 2.05) is 26.0 Å². The van der Waals surface area contributed by atoms with Crippen LogP contribution in [0, 0.1) is 23.2 Å². The average molecular weight is 391 g/mol. The van der Waals surface area contributed by atoms with Crippen LogP contribution in [0.15, 0.2) is 48.5 Å². The van der Waals surface area contributed by atoms with Crippen LogP contribution in [0.2, 0.25) is 0 Å². The number of epoxide rings is 2. The van der Waals surface area contributed by atoms with Gasteiger partial charge in [0.05, 0.1) is 24.7 Å². The molecule has 0 spiro atoms. The van der Waals surface area contributed by atoms with Gasteiger partial charge in [0.2, 0.25) is 0 Å². The smallest absolute Gasteiger partial charge is 0.116 e. The van der Waals surface area contributed by atoms with Gasteiger partial charge in [0.25, 0.3) is 0 Å². The van der Waals surface area contributed by atoms with E-state index in [-0.39, 0.29) is 17.4 Å². The summed E-state index contributed by atoms with van der Waals surface area (Å²) < 4.78 is 21.8. The summed E-state index contributed by atoms with van der Waals surface area (Å²) in [5, 5.41) is 0. The van der Waals surface area contributed by atoms with E-state index >= 15 is 0 Å². The molecule has 2 fully saturated rings.